The zero-order valence-electron chi connectivity index (χ0n) is 17.5. The summed E-state index contributed by atoms with van der Waals surface area (Å²) in [5.41, 5.74) is 3.69. The Labute approximate surface area is 175 Å². The molecular formula is C26H34N2O. The molecule has 0 amide bonds. The van der Waals surface area contributed by atoms with Crippen molar-refractivity contribution in [2.75, 3.05) is 26.2 Å². The van der Waals surface area contributed by atoms with Gasteiger partial charge < -0.3 is 5.32 Å². The fourth-order valence-electron chi connectivity index (χ4n) is 4.85. The van der Waals surface area contributed by atoms with E-state index in [1.807, 2.05) is 0 Å². The molecule has 3 nitrogen and oxygen atoms in total. The number of Topliss-reactive ketones (excluding diaryl/α,β-unsaturated/α-hetero) is 1. The van der Waals surface area contributed by atoms with Gasteiger partial charge in [0.2, 0.25) is 0 Å². The van der Waals surface area contributed by atoms with Gasteiger partial charge in [0.15, 0.2) is 5.78 Å². The highest BCUT2D eigenvalue weighted by Crippen LogP contribution is 2.27. The van der Waals surface area contributed by atoms with Crippen molar-refractivity contribution in [2.45, 2.75) is 51.0 Å². The Morgan fingerprint density at radius 1 is 0.897 bits per heavy atom. The van der Waals surface area contributed by atoms with Crippen LogP contribution in [0, 0.1) is 5.92 Å². The smallest absolute Gasteiger partial charge is 0.162 e. The lowest BCUT2D eigenvalue weighted by Crippen LogP contribution is -2.33. The minimum Gasteiger partial charge on any atom is -0.317 e. The van der Waals surface area contributed by atoms with Gasteiger partial charge in [-0.05, 0) is 81.2 Å². The van der Waals surface area contributed by atoms with Crippen LogP contribution in [0.1, 0.15) is 65.9 Å². The summed E-state index contributed by atoms with van der Waals surface area (Å²) in [4.78, 5) is 15.2. The zero-order chi connectivity index (χ0) is 19.9. The third-order valence-corrected chi connectivity index (χ3v) is 6.78. The molecule has 2 fully saturated rings. The van der Waals surface area contributed by atoms with Gasteiger partial charge in [-0.3, -0.25) is 9.69 Å². The number of carbonyl (C=O) groups is 1. The van der Waals surface area contributed by atoms with Crippen LogP contribution in [0.4, 0.5) is 0 Å². The molecule has 4 rings (SSSR count). The number of piperidine rings is 2. The van der Waals surface area contributed by atoms with Gasteiger partial charge in [0, 0.05) is 18.5 Å². The minimum atomic E-state index is 0.313. The summed E-state index contributed by atoms with van der Waals surface area (Å²) >= 11 is 0. The van der Waals surface area contributed by atoms with Crippen LogP contribution < -0.4 is 5.32 Å². The van der Waals surface area contributed by atoms with Crippen LogP contribution in [0.2, 0.25) is 0 Å². The van der Waals surface area contributed by atoms with Crippen molar-refractivity contribution in [2.24, 2.45) is 5.92 Å². The Morgan fingerprint density at radius 3 is 2.28 bits per heavy atom. The molecule has 2 aromatic rings. The minimum absolute atomic E-state index is 0.313. The standard InChI is InChI=1S/C26H34N2O/c29-26(25-9-7-23(8-10-25)24-12-16-27-17-13-24)11-6-21-14-18-28(19-15-21)20-22-4-2-1-3-5-22/h1-5,7-10,21,24,27H,6,11-20H2. The number of nitrogens with zero attached hydrogens (tertiary/aromatic N) is 1. The topological polar surface area (TPSA) is 32.3 Å². The third kappa shape index (κ3) is 5.77. The number of nitrogens with one attached hydrogen (secondary N) is 1. The van der Waals surface area contributed by atoms with Crippen LogP contribution in [0.25, 0.3) is 0 Å². The van der Waals surface area contributed by atoms with E-state index in [-0.39, 0.29) is 0 Å². The Bertz CT molecular complexity index is 757. The van der Waals surface area contributed by atoms with E-state index in [2.05, 4.69) is 64.8 Å². The second-order valence-electron chi connectivity index (χ2n) is 8.81. The Balaban J connectivity index is 1.20. The summed E-state index contributed by atoms with van der Waals surface area (Å²) in [6.07, 6.45) is 6.57. The fourth-order valence-corrected chi connectivity index (χ4v) is 4.85. The Hall–Kier alpha value is -1.97. The molecule has 0 saturated carbocycles. The van der Waals surface area contributed by atoms with E-state index >= 15 is 0 Å². The van der Waals surface area contributed by atoms with Crippen LogP contribution in [0.5, 0.6) is 0 Å². The van der Waals surface area contributed by atoms with E-state index < -0.39 is 0 Å². The van der Waals surface area contributed by atoms with Gasteiger partial charge in [-0.2, -0.15) is 0 Å². The second-order valence-corrected chi connectivity index (χ2v) is 8.81. The molecule has 0 spiro atoms. The van der Waals surface area contributed by atoms with E-state index in [1.54, 1.807) is 0 Å². The van der Waals surface area contributed by atoms with E-state index in [9.17, 15) is 4.79 Å². The van der Waals surface area contributed by atoms with Gasteiger partial charge in [0.1, 0.15) is 0 Å². The largest absolute Gasteiger partial charge is 0.317 e. The molecule has 0 aliphatic carbocycles. The molecular weight excluding hydrogens is 356 g/mol. The lowest BCUT2D eigenvalue weighted by molar-refractivity contribution is 0.0961. The molecule has 2 saturated heterocycles. The maximum atomic E-state index is 12.7. The van der Waals surface area contributed by atoms with Crippen molar-refractivity contribution in [3.05, 3.63) is 71.3 Å². The highest BCUT2D eigenvalue weighted by atomic mass is 16.1. The summed E-state index contributed by atoms with van der Waals surface area (Å²) in [5.74, 6) is 1.66. The van der Waals surface area contributed by atoms with E-state index in [4.69, 9.17) is 0 Å². The first-order chi connectivity index (χ1) is 14.3. The van der Waals surface area contributed by atoms with Crippen molar-refractivity contribution in [1.29, 1.82) is 0 Å². The van der Waals surface area contributed by atoms with Gasteiger partial charge in [0.05, 0.1) is 0 Å². The Morgan fingerprint density at radius 2 is 1.59 bits per heavy atom. The number of benzene rings is 2. The van der Waals surface area contributed by atoms with Crippen LogP contribution in [0.15, 0.2) is 54.6 Å². The summed E-state index contributed by atoms with van der Waals surface area (Å²) in [6, 6.07) is 19.2. The summed E-state index contributed by atoms with van der Waals surface area (Å²) < 4.78 is 0. The van der Waals surface area contributed by atoms with Gasteiger partial charge in [-0.25, -0.2) is 0 Å². The number of likely N-dealkylation sites (tertiary alicyclic amines) is 1. The summed E-state index contributed by atoms with van der Waals surface area (Å²) in [6.45, 7) is 5.57. The number of rotatable bonds is 7. The second kappa shape index (κ2) is 10.2. The molecule has 2 aliphatic rings. The molecule has 29 heavy (non-hydrogen) atoms. The molecule has 0 bridgehead atoms. The van der Waals surface area contributed by atoms with Crippen LogP contribution >= 0.6 is 0 Å². The normalized spacial score (nSPS) is 19.3. The van der Waals surface area contributed by atoms with E-state index in [1.165, 1.54) is 36.8 Å². The molecule has 0 atom stereocenters. The molecule has 3 heteroatoms. The monoisotopic (exact) mass is 390 g/mol. The lowest BCUT2D eigenvalue weighted by atomic mass is 9.88. The maximum absolute atomic E-state index is 12.7. The van der Waals surface area contributed by atoms with Crippen molar-refractivity contribution < 1.29 is 4.79 Å². The van der Waals surface area contributed by atoms with E-state index in [0.29, 0.717) is 24.0 Å². The quantitative estimate of drug-likeness (QED) is 0.673. The zero-order valence-corrected chi connectivity index (χ0v) is 17.5. The van der Waals surface area contributed by atoms with Crippen molar-refractivity contribution >= 4 is 5.78 Å². The van der Waals surface area contributed by atoms with Crippen LogP contribution in [0.3, 0.4) is 0 Å². The van der Waals surface area contributed by atoms with Crippen molar-refractivity contribution in [1.82, 2.24) is 10.2 Å². The predicted molar refractivity (Wildman–Crippen MR) is 119 cm³/mol. The molecule has 154 valence electrons. The van der Waals surface area contributed by atoms with Crippen LogP contribution in [-0.4, -0.2) is 36.9 Å². The first-order valence-corrected chi connectivity index (χ1v) is 11.4. The molecule has 2 heterocycles. The lowest BCUT2D eigenvalue weighted by Gasteiger charge is -2.32. The molecule has 2 aliphatic heterocycles. The highest BCUT2D eigenvalue weighted by Gasteiger charge is 2.21. The maximum Gasteiger partial charge on any atom is 0.162 e. The third-order valence-electron chi connectivity index (χ3n) is 6.78. The average Bonchev–Trinajstić information content (AvgIpc) is 2.80. The summed E-state index contributed by atoms with van der Waals surface area (Å²) in [7, 11) is 0. The average molecular weight is 391 g/mol. The van der Waals surface area contributed by atoms with Crippen molar-refractivity contribution in [3.8, 4) is 0 Å². The van der Waals surface area contributed by atoms with Gasteiger partial charge in [0.25, 0.3) is 0 Å². The fraction of sp³-hybridized carbons (Fsp3) is 0.500. The summed E-state index contributed by atoms with van der Waals surface area (Å²) in [5, 5.41) is 3.42. The number of ketones is 1. The number of hydrogen-bond donors (Lipinski definition) is 1. The molecule has 2 aromatic carbocycles. The highest BCUT2D eigenvalue weighted by molar-refractivity contribution is 5.96. The Kier molecular flexibility index (Phi) is 7.13. The predicted octanol–water partition coefficient (Wildman–Crippen LogP) is 5.03. The van der Waals surface area contributed by atoms with E-state index in [0.717, 1.165) is 44.7 Å². The molecule has 0 radical (unpaired) electrons. The number of carbonyl (C=O) groups excluding carboxylic acids is 1. The van der Waals surface area contributed by atoms with Gasteiger partial charge in [-0.1, -0.05) is 54.6 Å². The molecule has 0 unspecified atom stereocenters. The van der Waals surface area contributed by atoms with Crippen molar-refractivity contribution in [3.63, 3.8) is 0 Å². The van der Waals surface area contributed by atoms with Crippen LogP contribution in [-0.2, 0) is 6.54 Å². The van der Waals surface area contributed by atoms with Gasteiger partial charge >= 0.3 is 0 Å². The first-order valence-electron chi connectivity index (χ1n) is 11.4. The van der Waals surface area contributed by atoms with Gasteiger partial charge in [-0.15, -0.1) is 0 Å². The molecule has 1 N–H and O–H groups in total. The molecule has 0 aromatic heterocycles. The first kappa shape index (κ1) is 20.3. The SMILES string of the molecule is O=C(CCC1CCN(Cc2ccccc2)CC1)c1ccc(C2CCNCC2)cc1. The number of hydrogen-bond acceptors (Lipinski definition) is 3.